The average Bonchev–Trinajstić information content (AvgIpc) is 3.18. The van der Waals surface area contributed by atoms with Crippen molar-refractivity contribution in [2.24, 2.45) is 0 Å². The summed E-state index contributed by atoms with van der Waals surface area (Å²) < 4.78 is 14.9. The van der Waals surface area contributed by atoms with Gasteiger partial charge in [0.2, 0.25) is 0 Å². The Hall–Kier alpha value is -3.29. The highest BCUT2D eigenvalue weighted by atomic mass is 19.1. The van der Waals surface area contributed by atoms with Crippen molar-refractivity contribution in [1.29, 1.82) is 0 Å². The molecule has 2 aromatic heterocycles. The van der Waals surface area contributed by atoms with Gasteiger partial charge in [-0.2, -0.15) is 0 Å². The van der Waals surface area contributed by atoms with E-state index in [1.54, 1.807) is 11.1 Å². The smallest absolute Gasteiger partial charge is 0.253 e. The van der Waals surface area contributed by atoms with Gasteiger partial charge in [-0.25, -0.2) is 14.1 Å². The second kappa shape index (κ2) is 7.14. The maximum Gasteiger partial charge on any atom is 0.253 e. The summed E-state index contributed by atoms with van der Waals surface area (Å²) in [5.41, 5.74) is 7.85. The van der Waals surface area contributed by atoms with Gasteiger partial charge in [-0.3, -0.25) is 4.79 Å². The van der Waals surface area contributed by atoms with Crippen LogP contribution in [0.1, 0.15) is 29.2 Å². The summed E-state index contributed by atoms with van der Waals surface area (Å²) in [6, 6.07) is 9.49. The lowest BCUT2D eigenvalue weighted by atomic mass is 10.0. The van der Waals surface area contributed by atoms with E-state index < -0.39 is 0 Å². The van der Waals surface area contributed by atoms with E-state index in [9.17, 15) is 9.18 Å². The first-order chi connectivity index (χ1) is 13.1. The van der Waals surface area contributed by atoms with Crippen molar-refractivity contribution in [2.45, 2.75) is 18.9 Å². The van der Waals surface area contributed by atoms with Crippen molar-refractivity contribution in [1.82, 2.24) is 24.9 Å². The molecule has 1 aliphatic heterocycles. The molecular formula is C19H19FN6O. The lowest BCUT2D eigenvalue weighted by Crippen LogP contribution is -2.39. The minimum absolute atomic E-state index is 0.0733. The Balaban J connectivity index is 1.42. The van der Waals surface area contributed by atoms with Gasteiger partial charge in [0.15, 0.2) is 0 Å². The molecule has 7 nitrogen and oxygen atoms in total. The zero-order valence-electron chi connectivity index (χ0n) is 14.6. The molecule has 3 aromatic rings. The second-order valence-corrected chi connectivity index (χ2v) is 6.55. The number of carbonyl (C=O) groups excluding carboxylic acids is 1. The Morgan fingerprint density at radius 3 is 2.59 bits per heavy atom. The van der Waals surface area contributed by atoms with Crippen LogP contribution in [0.5, 0.6) is 0 Å². The standard InChI is InChI=1S/C19H19FN6O/c20-14-5-3-13(4-6-14)19(27)25-10-7-15(8-11-25)26-12-17(23-24-26)16-2-1-9-22-18(16)21/h1-6,9,12,15H,7-8,10-11H2,(H2,21,22). The van der Waals surface area contributed by atoms with Crippen molar-refractivity contribution < 1.29 is 9.18 Å². The van der Waals surface area contributed by atoms with Gasteiger partial charge in [-0.15, -0.1) is 5.10 Å². The van der Waals surface area contributed by atoms with Gasteiger partial charge in [0, 0.05) is 30.4 Å². The molecule has 1 saturated heterocycles. The molecule has 0 atom stereocenters. The van der Waals surface area contributed by atoms with Crippen LogP contribution in [-0.2, 0) is 0 Å². The van der Waals surface area contributed by atoms with E-state index in [4.69, 9.17) is 5.73 Å². The Bertz CT molecular complexity index is 947. The zero-order valence-corrected chi connectivity index (χ0v) is 14.6. The van der Waals surface area contributed by atoms with Crippen LogP contribution in [0.2, 0.25) is 0 Å². The number of carbonyl (C=O) groups is 1. The van der Waals surface area contributed by atoms with E-state index in [0.29, 0.717) is 30.2 Å². The molecule has 27 heavy (non-hydrogen) atoms. The van der Waals surface area contributed by atoms with Crippen LogP contribution in [0.25, 0.3) is 11.3 Å². The fraction of sp³-hybridized carbons (Fsp3) is 0.263. The van der Waals surface area contributed by atoms with E-state index in [1.165, 1.54) is 24.3 Å². The van der Waals surface area contributed by atoms with Gasteiger partial charge in [-0.1, -0.05) is 5.21 Å². The molecule has 4 rings (SSSR count). The summed E-state index contributed by atoms with van der Waals surface area (Å²) in [6.45, 7) is 1.23. The van der Waals surface area contributed by atoms with Gasteiger partial charge in [0.05, 0.1) is 12.2 Å². The first kappa shape index (κ1) is 17.1. The highest BCUT2D eigenvalue weighted by molar-refractivity contribution is 5.94. The Morgan fingerprint density at radius 1 is 1.15 bits per heavy atom. The van der Waals surface area contributed by atoms with Crippen molar-refractivity contribution in [3.05, 3.63) is 60.2 Å². The van der Waals surface area contributed by atoms with Gasteiger partial charge in [-0.05, 0) is 49.2 Å². The van der Waals surface area contributed by atoms with Gasteiger partial charge < -0.3 is 10.6 Å². The van der Waals surface area contributed by atoms with E-state index in [0.717, 1.165) is 18.4 Å². The number of likely N-dealkylation sites (tertiary alicyclic amines) is 1. The van der Waals surface area contributed by atoms with E-state index in [-0.39, 0.29) is 17.8 Å². The lowest BCUT2D eigenvalue weighted by Gasteiger charge is -2.31. The van der Waals surface area contributed by atoms with E-state index in [1.807, 2.05) is 23.0 Å². The molecule has 3 heterocycles. The summed E-state index contributed by atoms with van der Waals surface area (Å²) in [6.07, 6.45) is 5.06. The molecule has 1 fully saturated rings. The number of aromatic nitrogens is 4. The number of rotatable bonds is 3. The monoisotopic (exact) mass is 366 g/mol. The highest BCUT2D eigenvalue weighted by Crippen LogP contribution is 2.26. The van der Waals surface area contributed by atoms with Crippen LogP contribution in [0.4, 0.5) is 10.2 Å². The van der Waals surface area contributed by atoms with Crippen LogP contribution in [-0.4, -0.2) is 43.9 Å². The number of nitrogens with two attached hydrogens (primary N) is 1. The van der Waals surface area contributed by atoms with Crippen LogP contribution >= 0.6 is 0 Å². The third-order valence-electron chi connectivity index (χ3n) is 4.84. The molecule has 1 amide bonds. The molecule has 0 radical (unpaired) electrons. The predicted octanol–water partition coefficient (Wildman–Crippen LogP) is 2.54. The number of amides is 1. The van der Waals surface area contributed by atoms with Crippen LogP contribution in [0, 0.1) is 5.82 Å². The number of hydrogen-bond donors (Lipinski definition) is 1. The van der Waals surface area contributed by atoms with Gasteiger partial charge in [0.25, 0.3) is 5.91 Å². The molecule has 0 aliphatic carbocycles. The molecular weight excluding hydrogens is 347 g/mol. The lowest BCUT2D eigenvalue weighted by molar-refractivity contribution is 0.0689. The molecule has 0 saturated carbocycles. The molecule has 0 bridgehead atoms. The summed E-state index contributed by atoms with van der Waals surface area (Å²) >= 11 is 0. The molecule has 138 valence electrons. The fourth-order valence-electron chi connectivity index (χ4n) is 3.32. The number of piperidine rings is 1. The Kier molecular flexibility index (Phi) is 4.53. The number of pyridine rings is 1. The number of hydrogen-bond acceptors (Lipinski definition) is 5. The van der Waals surface area contributed by atoms with E-state index in [2.05, 4.69) is 15.3 Å². The maximum absolute atomic E-state index is 13.0. The highest BCUT2D eigenvalue weighted by Gasteiger charge is 2.25. The molecule has 2 N–H and O–H groups in total. The normalized spacial score (nSPS) is 15.1. The first-order valence-electron chi connectivity index (χ1n) is 8.79. The molecule has 0 unspecified atom stereocenters. The van der Waals surface area contributed by atoms with Gasteiger partial charge >= 0.3 is 0 Å². The predicted molar refractivity (Wildman–Crippen MR) is 98.2 cm³/mol. The summed E-state index contributed by atoms with van der Waals surface area (Å²) in [4.78, 5) is 18.4. The molecule has 0 spiro atoms. The van der Waals surface area contributed by atoms with Crippen molar-refractivity contribution in [2.75, 3.05) is 18.8 Å². The number of halogens is 1. The molecule has 1 aliphatic rings. The SMILES string of the molecule is Nc1ncccc1-c1cn(C2CCN(C(=O)c3ccc(F)cc3)CC2)nn1. The average molecular weight is 366 g/mol. The zero-order chi connectivity index (χ0) is 18.8. The molecule has 1 aromatic carbocycles. The fourth-order valence-corrected chi connectivity index (χ4v) is 3.32. The number of nitrogens with zero attached hydrogens (tertiary/aromatic N) is 5. The summed E-state index contributed by atoms with van der Waals surface area (Å²) in [5, 5.41) is 8.44. The minimum atomic E-state index is -0.346. The Morgan fingerprint density at radius 2 is 1.89 bits per heavy atom. The topological polar surface area (TPSA) is 89.9 Å². The Labute approximate surface area is 155 Å². The quantitative estimate of drug-likeness (QED) is 0.769. The van der Waals surface area contributed by atoms with Crippen LogP contribution in [0.3, 0.4) is 0 Å². The number of benzene rings is 1. The number of anilines is 1. The number of nitrogen functional groups attached to an aromatic ring is 1. The van der Waals surface area contributed by atoms with Gasteiger partial charge in [0.1, 0.15) is 17.3 Å². The maximum atomic E-state index is 13.0. The largest absolute Gasteiger partial charge is 0.383 e. The van der Waals surface area contributed by atoms with Crippen molar-refractivity contribution in [3.8, 4) is 11.3 Å². The van der Waals surface area contributed by atoms with Crippen molar-refractivity contribution >= 4 is 11.7 Å². The van der Waals surface area contributed by atoms with Crippen LogP contribution < -0.4 is 5.73 Å². The second-order valence-electron chi connectivity index (χ2n) is 6.55. The van der Waals surface area contributed by atoms with Crippen LogP contribution in [0.15, 0.2) is 48.8 Å². The minimum Gasteiger partial charge on any atom is -0.383 e. The van der Waals surface area contributed by atoms with Crippen molar-refractivity contribution in [3.63, 3.8) is 0 Å². The summed E-state index contributed by atoms with van der Waals surface area (Å²) in [5.74, 6) is 0.00150. The summed E-state index contributed by atoms with van der Waals surface area (Å²) in [7, 11) is 0. The third-order valence-corrected chi connectivity index (χ3v) is 4.84. The first-order valence-corrected chi connectivity index (χ1v) is 8.79. The molecule has 8 heteroatoms. The van der Waals surface area contributed by atoms with E-state index >= 15 is 0 Å². The third kappa shape index (κ3) is 3.51.